The van der Waals surface area contributed by atoms with Crippen LogP contribution in [-0.2, 0) is 35.5 Å². The lowest BCUT2D eigenvalue weighted by molar-refractivity contribution is 0.0600. The molecule has 3 aromatic carbocycles. The van der Waals surface area contributed by atoms with Crippen LogP contribution in [0.2, 0.25) is 5.02 Å². The van der Waals surface area contributed by atoms with Crippen molar-refractivity contribution in [3.05, 3.63) is 93.5 Å². The van der Waals surface area contributed by atoms with Crippen LogP contribution in [0.4, 0.5) is 11.8 Å². The zero-order valence-corrected chi connectivity index (χ0v) is 25.9. The average Bonchev–Trinajstić information content (AvgIpc) is 3.06. The molecule has 1 aromatic heterocycles. The zero-order valence-electron chi connectivity index (χ0n) is 25.2. The molecule has 0 unspecified atom stereocenters. The number of ether oxygens (including phenoxy) is 3. The first-order chi connectivity index (χ1) is 21.9. The maximum Gasteiger partial charge on any atom is 0.337 e. The number of hydrogen-bond acceptors (Lipinski definition) is 10. The molecule has 1 aliphatic heterocycles. The van der Waals surface area contributed by atoms with E-state index < -0.39 is 5.97 Å². The predicted octanol–water partition coefficient (Wildman–Crippen LogP) is 4.89. The number of nitrogens with two attached hydrogens (primary N) is 1. The Morgan fingerprint density at radius 2 is 1.78 bits per heavy atom. The summed E-state index contributed by atoms with van der Waals surface area (Å²) in [6, 6.07) is 18.4. The minimum absolute atomic E-state index is 0.0919. The molecule has 1 saturated heterocycles. The van der Waals surface area contributed by atoms with Crippen LogP contribution in [0.5, 0.6) is 11.5 Å². The molecule has 2 heterocycles. The summed E-state index contributed by atoms with van der Waals surface area (Å²) < 4.78 is 16.7. The number of aromatic hydroxyl groups is 1. The number of halogens is 1. The van der Waals surface area contributed by atoms with Crippen molar-refractivity contribution in [2.45, 2.75) is 26.1 Å². The molecule has 4 aromatic rings. The molecule has 0 bridgehead atoms. The number of phenolic OH excluding ortho intramolecular Hbond substituents is 1. The fraction of sp³-hybridized carbons (Fsp3) is 0.324. The van der Waals surface area contributed by atoms with Gasteiger partial charge in [-0.1, -0.05) is 23.7 Å². The first-order valence-corrected chi connectivity index (χ1v) is 15.4. The number of methoxy groups -OCH3 is 1. The summed E-state index contributed by atoms with van der Waals surface area (Å²) in [6.07, 6.45) is 1.70. The second-order valence-corrected chi connectivity index (χ2v) is 11.6. The smallest absolute Gasteiger partial charge is 0.337 e. The lowest BCUT2D eigenvalue weighted by Crippen LogP contribution is -2.48. The molecule has 234 valence electrons. The highest BCUT2D eigenvalue weighted by molar-refractivity contribution is 6.30. The van der Waals surface area contributed by atoms with E-state index in [4.69, 9.17) is 36.5 Å². The molecule has 1 aliphatic carbocycles. The molecule has 0 saturated carbocycles. The van der Waals surface area contributed by atoms with Gasteiger partial charge in [-0.3, -0.25) is 4.90 Å². The number of nitrogens with zero attached hydrogens (tertiary/aromatic N) is 4. The van der Waals surface area contributed by atoms with Gasteiger partial charge in [0.2, 0.25) is 5.95 Å². The number of piperazine rings is 1. The normalized spacial score (nSPS) is 14.5. The fourth-order valence-corrected chi connectivity index (χ4v) is 5.94. The monoisotopic (exact) mass is 629 g/mol. The minimum atomic E-state index is -0.449. The number of carbonyl (C=O) groups excluding carboxylic acids is 1. The Kier molecular flexibility index (Phi) is 9.34. The highest BCUT2D eigenvalue weighted by Gasteiger charge is 2.27. The van der Waals surface area contributed by atoms with Crippen LogP contribution in [0, 0.1) is 0 Å². The molecule has 0 spiro atoms. The molecular formula is C34H36ClN5O5. The summed E-state index contributed by atoms with van der Waals surface area (Å²) in [4.78, 5) is 25.8. The minimum Gasteiger partial charge on any atom is -0.508 e. The van der Waals surface area contributed by atoms with Crippen LogP contribution < -0.4 is 15.4 Å². The quantitative estimate of drug-likeness (QED) is 0.185. The van der Waals surface area contributed by atoms with Crippen molar-refractivity contribution >= 4 is 29.3 Å². The number of carbonyl (C=O) groups is 1. The number of benzene rings is 3. The van der Waals surface area contributed by atoms with Crippen molar-refractivity contribution in [3.8, 4) is 22.8 Å². The second-order valence-electron chi connectivity index (χ2n) is 11.2. The van der Waals surface area contributed by atoms with E-state index in [1.54, 1.807) is 6.07 Å². The van der Waals surface area contributed by atoms with Gasteiger partial charge in [-0.15, -0.1) is 0 Å². The molecule has 0 radical (unpaired) electrons. The Labute approximate surface area is 267 Å². The predicted molar refractivity (Wildman–Crippen MR) is 173 cm³/mol. The third-order valence-corrected chi connectivity index (χ3v) is 8.53. The highest BCUT2D eigenvalue weighted by atomic mass is 35.5. The number of rotatable bonds is 10. The van der Waals surface area contributed by atoms with Gasteiger partial charge in [0, 0.05) is 54.4 Å². The average molecular weight is 630 g/mol. The number of fused-ring (bicyclic) bond motifs is 3. The number of hydrogen-bond donors (Lipinski definition) is 2. The molecule has 11 heteroatoms. The van der Waals surface area contributed by atoms with Gasteiger partial charge in [0.25, 0.3) is 0 Å². The van der Waals surface area contributed by atoms with Gasteiger partial charge < -0.3 is 30.0 Å². The zero-order chi connectivity index (χ0) is 31.3. The largest absolute Gasteiger partial charge is 0.508 e. The van der Waals surface area contributed by atoms with Crippen LogP contribution in [-0.4, -0.2) is 72.4 Å². The molecule has 10 nitrogen and oxygen atoms in total. The van der Waals surface area contributed by atoms with E-state index >= 15 is 0 Å². The van der Waals surface area contributed by atoms with Gasteiger partial charge in [-0.05, 0) is 72.5 Å². The summed E-state index contributed by atoms with van der Waals surface area (Å²) in [7, 11) is 1.33. The molecule has 45 heavy (non-hydrogen) atoms. The molecule has 2 aliphatic rings. The van der Waals surface area contributed by atoms with Crippen molar-refractivity contribution in [1.82, 2.24) is 14.9 Å². The van der Waals surface area contributed by atoms with Gasteiger partial charge in [0.15, 0.2) is 0 Å². The Bertz CT molecular complexity index is 1670. The topological polar surface area (TPSA) is 123 Å². The lowest BCUT2D eigenvalue weighted by Gasteiger charge is -2.37. The second kappa shape index (κ2) is 13.7. The lowest BCUT2D eigenvalue weighted by atomic mass is 9.88. The van der Waals surface area contributed by atoms with E-state index in [9.17, 15) is 9.90 Å². The summed E-state index contributed by atoms with van der Waals surface area (Å²) in [5, 5.41) is 10.8. The number of nitrogen functional groups attached to an aromatic ring is 1. The van der Waals surface area contributed by atoms with Crippen molar-refractivity contribution in [2.24, 2.45) is 0 Å². The Morgan fingerprint density at radius 3 is 2.56 bits per heavy atom. The first kappa shape index (κ1) is 30.6. The third-order valence-electron chi connectivity index (χ3n) is 8.28. The van der Waals surface area contributed by atoms with Crippen LogP contribution in [0.25, 0.3) is 11.3 Å². The number of anilines is 2. The van der Waals surface area contributed by atoms with E-state index in [2.05, 4.69) is 26.9 Å². The van der Waals surface area contributed by atoms with E-state index in [0.29, 0.717) is 29.4 Å². The Hall–Kier alpha value is -4.38. The van der Waals surface area contributed by atoms with Crippen molar-refractivity contribution in [2.75, 3.05) is 57.1 Å². The van der Waals surface area contributed by atoms with Crippen molar-refractivity contribution in [1.29, 1.82) is 0 Å². The van der Waals surface area contributed by atoms with E-state index in [0.717, 1.165) is 79.5 Å². The SMILES string of the molecule is COC(=O)c1ccc(O)c(COCCN2CCN(c3nc(N)nc4c3CCc3cc(OCc5ccc(Cl)cc5)ccc3-4)CC2)c1. The van der Waals surface area contributed by atoms with E-state index in [-0.39, 0.29) is 18.3 Å². The van der Waals surface area contributed by atoms with Gasteiger partial charge in [-0.25, -0.2) is 9.78 Å². The summed E-state index contributed by atoms with van der Waals surface area (Å²) in [6.45, 7) is 5.28. The van der Waals surface area contributed by atoms with Crippen LogP contribution in [0.15, 0.2) is 60.7 Å². The maximum absolute atomic E-state index is 11.8. The van der Waals surface area contributed by atoms with Gasteiger partial charge in [0.05, 0.1) is 31.6 Å². The van der Waals surface area contributed by atoms with E-state index in [1.165, 1.54) is 24.8 Å². The summed E-state index contributed by atoms with van der Waals surface area (Å²) in [5.41, 5.74) is 12.5. The number of aryl methyl sites for hydroxylation is 1. The van der Waals surface area contributed by atoms with Crippen LogP contribution in [0.1, 0.15) is 32.6 Å². The number of aromatic nitrogens is 2. The highest BCUT2D eigenvalue weighted by Crippen LogP contribution is 2.38. The summed E-state index contributed by atoms with van der Waals surface area (Å²) in [5.74, 6) is 1.66. The van der Waals surface area contributed by atoms with Crippen molar-refractivity contribution < 1.29 is 24.1 Å². The van der Waals surface area contributed by atoms with Crippen LogP contribution in [0.3, 0.4) is 0 Å². The van der Waals surface area contributed by atoms with E-state index in [1.807, 2.05) is 30.3 Å². The number of phenols is 1. The maximum atomic E-state index is 11.8. The molecule has 3 N–H and O–H groups in total. The first-order valence-electron chi connectivity index (χ1n) is 15.0. The molecule has 0 atom stereocenters. The third kappa shape index (κ3) is 7.14. The Balaban J connectivity index is 1.04. The van der Waals surface area contributed by atoms with Gasteiger partial charge in [-0.2, -0.15) is 4.98 Å². The van der Waals surface area contributed by atoms with Crippen LogP contribution >= 0.6 is 11.6 Å². The summed E-state index contributed by atoms with van der Waals surface area (Å²) >= 11 is 6.00. The molecule has 1 fully saturated rings. The van der Waals surface area contributed by atoms with Crippen molar-refractivity contribution in [3.63, 3.8) is 0 Å². The molecule has 0 amide bonds. The van der Waals surface area contributed by atoms with Gasteiger partial charge >= 0.3 is 5.97 Å². The number of esters is 1. The van der Waals surface area contributed by atoms with Gasteiger partial charge in [0.1, 0.15) is 23.9 Å². The Morgan fingerprint density at radius 1 is 0.978 bits per heavy atom. The fourth-order valence-electron chi connectivity index (χ4n) is 5.81. The standard InChI is InChI=1S/C34H36ClN5O5/c1-43-33(42)24-5-11-30(41)25(18-24)21-44-17-16-39-12-14-40(15-13-39)32-29-9-4-23-19-27(45-20-22-2-6-26(35)7-3-22)8-10-28(23)31(29)37-34(36)38-32/h2-3,5-8,10-11,18-19,41H,4,9,12-17,20-21H2,1H3,(H2,36,37,38). The molecular weight excluding hydrogens is 594 g/mol. The molecule has 6 rings (SSSR count).